The normalized spacial score (nSPS) is 14.8. The molecule has 3 amide bonds. The molecule has 11 N–H and O–H groups in total. The molecule has 224 valence electrons. The lowest BCUT2D eigenvalue weighted by molar-refractivity contribution is -0.142. The number of guanidine groups is 1. The third-order valence-corrected chi connectivity index (χ3v) is 6.42. The van der Waals surface area contributed by atoms with Crippen LogP contribution in [0.3, 0.4) is 0 Å². The summed E-state index contributed by atoms with van der Waals surface area (Å²) in [4.78, 5) is 55.2. The Balaban J connectivity index is 3.11. The molecule has 0 fully saturated rings. The minimum absolute atomic E-state index is 0.0244. The number of phenols is 1. The molecule has 5 unspecified atom stereocenters. The summed E-state index contributed by atoms with van der Waals surface area (Å²) in [7, 11) is 0. The van der Waals surface area contributed by atoms with E-state index < -0.39 is 47.9 Å². The molecule has 13 nitrogen and oxygen atoms in total. The van der Waals surface area contributed by atoms with Gasteiger partial charge in [-0.25, -0.2) is 4.79 Å². The number of carbonyl (C=O) groups excluding carboxylic acids is 3. The fourth-order valence-corrected chi connectivity index (χ4v) is 3.95. The van der Waals surface area contributed by atoms with E-state index in [1.165, 1.54) is 12.1 Å². The van der Waals surface area contributed by atoms with Crippen molar-refractivity contribution in [2.75, 3.05) is 6.54 Å². The highest BCUT2D eigenvalue weighted by atomic mass is 16.4. The van der Waals surface area contributed by atoms with E-state index in [0.29, 0.717) is 24.8 Å². The van der Waals surface area contributed by atoms with Gasteiger partial charge >= 0.3 is 5.97 Å². The largest absolute Gasteiger partial charge is 0.508 e. The molecule has 1 aromatic carbocycles. The smallest absolute Gasteiger partial charge is 0.326 e. The third kappa shape index (κ3) is 12.3. The van der Waals surface area contributed by atoms with Crippen LogP contribution in [0.1, 0.15) is 58.9 Å². The number of carboxylic acids is 1. The molecule has 0 aromatic heterocycles. The number of aliphatic imine (C=N–C) groups is 1. The Morgan fingerprint density at radius 2 is 1.52 bits per heavy atom. The van der Waals surface area contributed by atoms with Crippen molar-refractivity contribution in [1.29, 1.82) is 0 Å². The molecular weight excluding hydrogens is 518 g/mol. The molecule has 5 atom stereocenters. The summed E-state index contributed by atoms with van der Waals surface area (Å²) < 4.78 is 0. The van der Waals surface area contributed by atoms with Crippen molar-refractivity contribution >= 4 is 29.7 Å². The lowest BCUT2D eigenvalue weighted by atomic mass is 9.96. The summed E-state index contributed by atoms with van der Waals surface area (Å²) in [5.41, 5.74) is 17.3. The molecule has 40 heavy (non-hydrogen) atoms. The Morgan fingerprint density at radius 3 is 2.05 bits per heavy atom. The van der Waals surface area contributed by atoms with Gasteiger partial charge in [-0.1, -0.05) is 46.2 Å². The number of hydrogen-bond acceptors (Lipinski definition) is 7. The molecule has 1 rings (SSSR count). The first-order valence-corrected chi connectivity index (χ1v) is 13.5. The van der Waals surface area contributed by atoms with Gasteiger partial charge < -0.3 is 43.4 Å². The summed E-state index contributed by atoms with van der Waals surface area (Å²) in [5.74, 6) is -3.24. The van der Waals surface area contributed by atoms with Gasteiger partial charge in [-0.3, -0.25) is 19.4 Å². The lowest BCUT2D eigenvalue weighted by Crippen LogP contribution is -2.58. The van der Waals surface area contributed by atoms with Crippen LogP contribution < -0.4 is 33.2 Å². The maximum absolute atomic E-state index is 13.4. The molecule has 0 aliphatic heterocycles. The topological polar surface area (TPSA) is 235 Å². The van der Waals surface area contributed by atoms with Crippen LogP contribution in [0, 0.1) is 11.8 Å². The second-order valence-corrected chi connectivity index (χ2v) is 10.4. The minimum atomic E-state index is -1.30. The zero-order valence-electron chi connectivity index (χ0n) is 23.7. The summed E-state index contributed by atoms with van der Waals surface area (Å²) in [6.07, 6.45) is 1.37. The minimum Gasteiger partial charge on any atom is -0.508 e. The van der Waals surface area contributed by atoms with E-state index in [-0.39, 0.29) is 42.9 Å². The number of hydrogen-bond donors (Lipinski definition) is 8. The van der Waals surface area contributed by atoms with Crippen molar-refractivity contribution in [3.63, 3.8) is 0 Å². The molecule has 0 saturated carbocycles. The number of benzene rings is 1. The van der Waals surface area contributed by atoms with Crippen molar-refractivity contribution < 1.29 is 29.4 Å². The number of rotatable bonds is 17. The summed E-state index contributed by atoms with van der Waals surface area (Å²) in [6.45, 7) is 7.72. The van der Waals surface area contributed by atoms with Gasteiger partial charge in [0.1, 0.15) is 23.9 Å². The van der Waals surface area contributed by atoms with E-state index in [0.717, 1.165) is 0 Å². The van der Waals surface area contributed by atoms with Gasteiger partial charge in [0.15, 0.2) is 5.96 Å². The number of amides is 3. The number of nitrogens with one attached hydrogen (secondary N) is 3. The number of phenolic OH excluding ortho intramolecular Hbond substituents is 1. The van der Waals surface area contributed by atoms with Crippen LogP contribution in [-0.2, 0) is 25.6 Å². The maximum Gasteiger partial charge on any atom is 0.326 e. The molecule has 0 aliphatic rings. The van der Waals surface area contributed by atoms with Crippen LogP contribution in [-0.4, -0.2) is 70.6 Å². The Labute approximate surface area is 235 Å². The van der Waals surface area contributed by atoms with Crippen molar-refractivity contribution in [3.05, 3.63) is 29.8 Å². The van der Waals surface area contributed by atoms with E-state index in [4.69, 9.17) is 17.2 Å². The fourth-order valence-electron chi connectivity index (χ4n) is 3.95. The van der Waals surface area contributed by atoms with Crippen LogP contribution in [0.5, 0.6) is 5.75 Å². The molecule has 0 radical (unpaired) electrons. The van der Waals surface area contributed by atoms with Crippen molar-refractivity contribution in [2.24, 2.45) is 34.0 Å². The first-order valence-electron chi connectivity index (χ1n) is 13.5. The maximum atomic E-state index is 13.4. The summed E-state index contributed by atoms with van der Waals surface area (Å²) in [6, 6.07) is 1.75. The van der Waals surface area contributed by atoms with Crippen molar-refractivity contribution in [1.82, 2.24) is 16.0 Å². The monoisotopic (exact) mass is 563 g/mol. The van der Waals surface area contributed by atoms with Crippen LogP contribution >= 0.6 is 0 Å². The zero-order valence-corrected chi connectivity index (χ0v) is 23.7. The van der Waals surface area contributed by atoms with Gasteiger partial charge in [-0.05, 0) is 48.8 Å². The molecule has 0 spiro atoms. The predicted molar refractivity (Wildman–Crippen MR) is 152 cm³/mol. The number of nitrogens with zero attached hydrogens (tertiary/aromatic N) is 1. The van der Waals surface area contributed by atoms with Crippen LogP contribution in [0.25, 0.3) is 0 Å². The van der Waals surface area contributed by atoms with Crippen LogP contribution in [0.2, 0.25) is 0 Å². The molecule has 0 bridgehead atoms. The first kappa shape index (κ1) is 34.2. The second-order valence-electron chi connectivity index (χ2n) is 10.4. The van der Waals surface area contributed by atoms with E-state index in [9.17, 15) is 29.4 Å². The first-order chi connectivity index (χ1) is 18.7. The van der Waals surface area contributed by atoms with Gasteiger partial charge in [0.25, 0.3) is 0 Å². The Hall–Kier alpha value is -3.87. The average molecular weight is 564 g/mol. The number of carboxylic acid groups (broad SMARTS) is 1. The number of aromatic hydroxyl groups is 1. The predicted octanol–water partition coefficient (Wildman–Crippen LogP) is -0.0532. The molecule has 0 aliphatic carbocycles. The van der Waals surface area contributed by atoms with Gasteiger partial charge in [-0.15, -0.1) is 0 Å². The van der Waals surface area contributed by atoms with E-state index in [1.807, 2.05) is 20.8 Å². The summed E-state index contributed by atoms with van der Waals surface area (Å²) in [5, 5.41) is 27.1. The Morgan fingerprint density at radius 1 is 0.925 bits per heavy atom. The van der Waals surface area contributed by atoms with E-state index in [1.54, 1.807) is 19.1 Å². The van der Waals surface area contributed by atoms with Gasteiger partial charge in [0.2, 0.25) is 17.7 Å². The van der Waals surface area contributed by atoms with Crippen molar-refractivity contribution in [2.45, 2.75) is 84.0 Å². The molecular formula is C27H45N7O6. The van der Waals surface area contributed by atoms with Crippen LogP contribution in [0.4, 0.5) is 0 Å². The third-order valence-electron chi connectivity index (χ3n) is 6.42. The number of carbonyl (C=O) groups is 4. The molecule has 1 aromatic rings. The van der Waals surface area contributed by atoms with E-state index in [2.05, 4.69) is 20.9 Å². The second kappa shape index (κ2) is 17.0. The van der Waals surface area contributed by atoms with Crippen molar-refractivity contribution in [3.8, 4) is 5.75 Å². The lowest BCUT2D eigenvalue weighted by Gasteiger charge is -2.28. The highest BCUT2D eigenvalue weighted by molar-refractivity contribution is 5.94. The molecule has 13 heteroatoms. The van der Waals surface area contributed by atoms with Gasteiger partial charge in [0.05, 0.1) is 6.04 Å². The number of aliphatic carboxylic acids is 1. The van der Waals surface area contributed by atoms with Gasteiger partial charge in [-0.2, -0.15) is 0 Å². The van der Waals surface area contributed by atoms with Crippen LogP contribution in [0.15, 0.2) is 29.3 Å². The Bertz CT molecular complexity index is 1010. The molecule has 0 heterocycles. The Kier molecular flexibility index (Phi) is 14.5. The summed E-state index contributed by atoms with van der Waals surface area (Å²) >= 11 is 0. The SMILES string of the molecule is CCC(C)C(NC(=O)C(N)CC(C)C)C(=O)NC(CCCN=C(N)N)C(=O)NC(Cc1ccc(O)cc1)C(=O)O. The quantitative estimate of drug-likeness (QED) is 0.0719. The van der Waals surface area contributed by atoms with Gasteiger partial charge in [0, 0.05) is 13.0 Å². The van der Waals surface area contributed by atoms with E-state index >= 15 is 0 Å². The fraction of sp³-hybridized carbons (Fsp3) is 0.593. The highest BCUT2D eigenvalue weighted by Gasteiger charge is 2.32. The zero-order chi connectivity index (χ0) is 30.4. The standard InChI is InChI=1S/C27H45N7O6/c1-5-16(4)22(34-23(36)19(28)13-15(2)3)25(38)32-20(7-6-12-31-27(29)30)24(37)33-21(26(39)40)14-17-8-10-18(35)11-9-17/h8-11,15-16,19-22,35H,5-7,12-14,28H2,1-4H3,(H,32,38)(H,33,37)(H,34,36)(H,39,40)(H4,29,30,31). The highest BCUT2D eigenvalue weighted by Crippen LogP contribution is 2.13. The average Bonchev–Trinajstić information content (AvgIpc) is 2.88. The molecule has 0 saturated heterocycles. The number of nitrogens with two attached hydrogens (primary N) is 3.